The highest BCUT2D eigenvalue weighted by molar-refractivity contribution is 5.96. The van der Waals surface area contributed by atoms with Gasteiger partial charge in [0.25, 0.3) is 0 Å². The predicted molar refractivity (Wildman–Crippen MR) is 90.2 cm³/mol. The Hall–Kier alpha value is -2.30. The highest BCUT2D eigenvalue weighted by atomic mass is 16.1. The highest BCUT2D eigenvalue weighted by Gasteiger charge is 2.25. The number of primary amides is 1. The number of ketones is 1. The molecule has 122 valence electrons. The summed E-state index contributed by atoms with van der Waals surface area (Å²) in [6.45, 7) is 3.72. The molecular formula is C18H23N3O2. The number of hydrogen-bond donors (Lipinski definition) is 1. The Morgan fingerprint density at radius 2 is 1.96 bits per heavy atom. The Morgan fingerprint density at radius 3 is 2.48 bits per heavy atom. The summed E-state index contributed by atoms with van der Waals surface area (Å²) in [5.74, 6) is 0.463. The normalized spacial score (nSPS) is 13.3. The smallest absolute Gasteiger partial charge is 0.250 e. The highest BCUT2D eigenvalue weighted by Crippen LogP contribution is 2.39. The Balaban J connectivity index is 0.000000236. The van der Waals surface area contributed by atoms with Crippen molar-refractivity contribution in [3.63, 3.8) is 0 Å². The van der Waals surface area contributed by atoms with E-state index in [9.17, 15) is 9.59 Å². The Bertz CT molecular complexity index is 708. The number of aromatic nitrogens is 2. The lowest BCUT2D eigenvalue weighted by Crippen LogP contribution is -2.11. The number of Topliss-reactive ketones (excluding diaryl/α,β-unsaturated/α-hetero) is 1. The molecule has 2 aromatic heterocycles. The van der Waals surface area contributed by atoms with Gasteiger partial charge >= 0.3 is 0 Å². The first-order valence-electron chi connectivity index (χ1n) is 8.06. The zero-order valence-corrected chi connectivity index (χ0v) is 13.7. The fourth-order valence-corrected chi connectivity index (χ4v) is 2.20. The van der Waals surface area contributed by atoms with Gasteiger partial charge in [-0.05, 0) is 38.3 Å². The lowest BCUT2D eigenvalue weighted by molar-refractivity contribution is -0.117. The molecule has 0 radical (unpaired) electrons. The van der Waals surface area contributed by atoms with Gasteiger partial charge in [0.1, 0.15) is 5.78 Å². The van der Waals surface area contributed by atoms with Crippen LogP contribution in [0.25, 0.3) is 10.9 Å². The Labute approximate surface area is 136 Å². The maximum atomic E-state index is 11.0. The van der Waals surface area contributed by atoms with Crippen LogP contribution in [0.2, 0.25) is 0 Å². The minimum absolute atomic E-state index is 0.307. The van der Waals surface area contributed by atoms with E-state index in [0.29, 0.717) is 17.3 Å². The van der Waals surface area contributed by atoms with Crippen LogP contribution in [-0.4, -0.2) is 21.7 Å². The molecule has 0 aromatic carbocycles. The van der Waals surface area contributed by atoms with Crippen LogP contribution >= 0.6 is 0 Å². The number of nitrogens with zero attached hydrogens (tertiary/aromatic N) is 2. The Morgan fingerprint density at radius 1 is 1.22 bits per heavy atom. The first-order valence-corrected chi connectivity index (χ1v) is 8.06. The van der Waals surface area contributed by atoms with Gasteiger partial charge < -0.3 is 10.5 Å². The van der Waals surface area contributed by atoms with Crippen LogP contribution in [-0.2, 0) is 4.79 Å². The van der Waals surface area contributed by atoms with Crippen molar-refractivity contribution in [3.8, 4) is 0 Å². The number of amides is 1. The quantitative estimate of drug-likeness (QED) is 0.917. The van der Waals surface area contributed by atoms with Crippen molar-refractivity contribution < 1.29 is 9.59 Å². The van der Waals surface area contributed by atoms with Crippen LogP contribution in [0.15, 0.2) is 24.5 Å². The molecular weight excluding hydrogens is 290 g/mol. The van der Waals surface area contributed by atoms with Gasteiger partial charge in [0, 0.05) is 35.8 Å². The summed E-state index contributed by atoms with van der Waals surface area (Å²) in [5, 5.41) is 0.862. The molecule has 0 unspecified atom stereocenters. The van der Waals surface area contributed by atoms with Gasteiger partial charge in [0.2, 0.25) is 5.91 Å². The zero-order chi connectivity index (χ0) is 16.8. The molecule has 2 aromatic rings. The number of hydrogen-bond acceptors (Lipinski definition) is 4. The molecule has 3 rings (SSSR count). The van der Waals surface area contributed by atoms with Crippen molar-refractivity contribution in [2.24, 2.45) is 5.73 Å². The fraction of sp³-hybridized carbons (Fsp3) is 0.444. The number of nitrogens with two attached hydrogens (primary N) is 1. The summed E-state index contributed by atoms with van der Waals surface area (Å²) in [6, 6.07) is 3.73. The zero-order valence-electron chi connectivity index (χ0n) is 13.7. The molecule has 0 saturated heterocycles. The summed E-state index contributed by atoms with van der Waals surface area (Å²) in [5.41, 5.74) is 7.60. The first-order chi connectivity index (χ1) is 11.0. The third-order valence-corrected chi connectivity index (χ3v) is 3.75. The summed E-state index contributed by atoms with van der Waals surface area (Å²) in [6.07, 6.45) is 8.66. The van der Waals surface area contributed by atoms with Crippen LogP contribution in [0.4, 0.5) is 0 Å². The van der Waals surface area contributed by atoms with Crippen LogP contribution < -0.4 is 5.73 Å². The topological polar surface area (TPSA) is 85.9 Å². The molecule has 0 aliphatic heterocycles. The molecule has 1 saturated carbocycles. The van der Waals surface area contributed by atoms with Crippen molar-refractivity contribution in [1.29, 1.82) is 0 Å². The molecule has 0 spiro atoms. The molecule has 23 heavy (non-hydrogen) atoms. The fourth-order valence-electron chi connectivity index (χ4n) is 2.20. The van der Waals surface area contributed by atoms with Crippen LogP contribution in [0.1, 0.15) is 67.9 Å². The first kappa shape index (κ1) is 17.1. The maximum Gasteiger partial charge on any atom is 0.250 e. The van der Waals surface area contributed by atoms with Gasteiger partial charge in [-0.1, -0.05) is 13.3 Å². The van der Waals surface area contributed by atoms with Crippen LogP contribution in [0.5, 0.6) is 0 Å². The summed E-state index contributed by atoms with van der Waals surface area (Å²) in [4.78, 5) is 29.8. The van der Waals surface area contributed by atoms with Crippen LogP contribution in [0.3, 0.4) is 0 Å². The minimum Gasteiger partial charge on any atom is -0.366 e. The maximum absolute atomic E-state index is 11.0. The molecule has 0 bridgehead atoms. The van der Waals surface area contributed by atoms with E-state index >= 15 is 0 Å². The lowest BCUT2D eigenvalue weighted by atomic mass is 10.1. The number of carbonyl (C=O) groups excluding carboxylic acids is 2. The van der Waals surface area contributed by atoms with Gasteiger partial charge in [-0.3, -0.25) is 14.8 Å². The minimum atomic E-state index is -0.458. The average molecular weight is 313 g/mol. The molecule has 1 amide bonds. The van der Waals surface area contributed by atoms with Crippen LogP contribution in [0, 0.1) is 0 Å². The van der Waals surface area contributed by atoms with E-state index in [2.05, 4.69) is 16.9 Å². The monoisotopic (exact) mass is 313 g/mol. The van der Waals surface area contributed by atoms with E-state index in [0.717, 1.165) is 35.9 Å². The van der Waals surface area contributed by atoms with E-state index in [1.165, 1.54) is 19.0 Å². The van der Waals surface area contributed by atoms with Crippen molar-refractivity contribution in [1.82, 2.24) is 9.97 Å². The third-order valence-electron chi connectivity index (χ3n) is 3.75. The van der Waals surface area contributed by atoms with Crippen molar-refractivity contribution in [2.45, 2.75) is 51.9 Å². The number of rotatable bonds is 5. The largest absolute Gasteiger partial charge is 0.366 e. The molecule has 1 aliphatic carbocycles. The summed E-state index contributed by atoms with van der Waals surface area (Å²) in [7, 11) is 0. The van der Waals surface area contributed by atoms with E-state index in [4.69, 9.17) is 5.73 Å². The molecule has 5 nitrogen and oxygen atoms in total. The second-order valence-electron chi connectivity index (χ2n) is 5.97. The van der Waals surface area contributed by atoms with Gasteiger partial charge in [0.15, 0.2) is 0 Å². The number of unbranched alkanes of at least 4 members (excludes halogenated alkanes) is 1. The molecule has 1 fully saturated rings. The average Bonchev–Trinajstić information content (AvgIpc) is 3.37. The standard InChI is InChI=1S/C12H11N3O.C6H12O/c13-12(16)9-3-8-5-14-10(7-1-2-7)4-11(8)15-6-9;1-3-4-5-6(2)7/h3-7H,1-2H2,(H2,13,16);3-5H2,1-2H3. The second kappa shape index (κ2) is 7.81. The lowest BCUT2D eigenvalue weighted by Gasteiger charge is -2.01. The van der Waals surface area contributed by atoms with E-state index < -0.39 is 5.91 Å². The van der Waals surface area contributed by atoms with Crippen molar-refractivity contribution in [2.75, 3.05) is 0 Å². The van der Waals surface area contributed by atoms with Gasteiger partial charge in [-0.15, -0.1) is 0 Å². The number of fused-ring (bicyclic) bond motifs is 1. The predicted octanol–water partition coefficient (Wildman–Crippen LogP) is 3.37. The molecule has 2 N–H and O–H groups in total. The SMILES string of the molecule is CCCCC(C)=O.NC(=O)c1cnc2cc(C3CC3)ncc2c1. The van der Waals surface area contributed by atoms with Crippen molar-refractivity contribution >= 4 is 22.6 Å². The Kier molecular flexibility index (Phi) is 5.79. The second-order valence-corrected chi connectivity index (χ2v) is 5.97. The van der Waals surface area contributed by atoms with E-state index in [-0.39, 0.29) is 0 Å². The van der Waals surface area contributed by atoms with Gasteiger partial charge in [0.05, 0.1) is 11.1 Å². The number of carbonyl (C=O) groups is 2. The molecule has 5 heteroatoms. The summed E-state index contributed by atoms with van der Waals surface area (Å²) < 4.78 is 0. The molecule has 2 heterocycles. The third kappa shape index (κ3) is 5.13. The van der Waals surface area contributed by atoms with E-state index in [1.807, 2.05) is 6.07 Å². The van der Waals surface area contributed by atoms with Gasteiger partial charge in [-0.25, -0.2) is 0 Å². The van der Waals surface area contributed by atoms with Gasteiger partial charge in [-0.2, -0.15) is 0 Å². The van der Waals surface area contributed by atoms with Crippen molar-refractivity contribution in [3.05, 3.63) is 35.8 Å². The summed E-state index contributed by atoms with van der Waals surface area (Å²) >= 11 is 0. The molecule has 0 atom stereocenters. The number of pyridine rings is 2. The van der Waals surface area contributed by atoms with E-state index in [1.54, 1.807) is 19.2 Å². The molecule has 1 aliphatic rings.